The van der Waals surface area contributed by atoms with Crippen molar-refractivity contribution in [2.45, 2.75) is 44.6 Å². The van der Waals surface area contributed by atoms with E-state index in [0.29, 0.717) is 24.2 Å². The van der Waals surface area contributed by atoms with Crippen molar-refractivity contribution in [3.63, 3.8) is 0 Å². The van der Waals surface area contributed by atoms with Gasteiger partial charge in [0.2, 0.25) is 5.91 Å². The molecule has 1 fully saturated rings. The van der Waals surface area contributed by atoms with Gasteiger partial charge in [-0.2, -0.15) is 0 Å². The highest BCUT2D eigenvalue weighted by Crippen LogP contribution is 2.32. The Morgan fingerprint density at radius 3 is 2.40 bits per heavy atom. The molecule has 8 heteroatoms. The molecule has 1 atom stereocenters. The van der Waals surface area contributed by atoms with Crippen molar-refractivity contribution in [3.8, 4) is 0 Å². The lowest BCUT2D eigenvalue weighted by molar-refractivity contribution is -0.124. The summed E-state index contributed by atoms with van der Waals surface area (Å²) in [6.45, 7) is 1.66. The van der Waals surface area contributed by atoms with Crippen LogP contribution in [0, 0.1) is 5.92 Å². The number of piperidine rings is 1. The molecule has 0 saturated carbocycles. The Bertz CT molecular complexity index is 845. The lowest BCUT2D eigenvalue weighted by atomic mass is 9.92. The first kappa shape index (κ1) is 21.7. The average molecular weight is 413 g/mol. The van der Waals surface area contributed by atoms with Crippen LogP contribution in [0.2, 0.25) is 0 Å². The van der Waals surface area contributed by atoms with Crippen LogP contribution in [0.5, 0.6) is 0 Å². The molecule has 0 bridgehead atoms. The summed E-state index contributed by atoms with van der Waals surface area (Å²) in [5, 5.41) is 2.47. The third-order valence-electron chi connectivity index (χ3n) is 5.99. The third-order valence-corrected chi connectivity index (χ3v) is 5.99. The van der Waals surface area contributed by atoms with Gasteiger partial charge in [0.1, 0.15) is 18.6 Å². The number of imide groups is 1. The number of anilines is 1. The van der Waals surface area contributed by atoms with Gasteiger partial charge in [0.05, 0.1) is 11.1 Å². The van der Waals surface area contributed by atoms with Crippen LogP contribution in [0.4, 0.5) is 5.69 Å². The summed E-state index contributed by atoms with van der Waals surface area (Å²) in [6.07, 6.45) is 5.26. The number of benzene rings is 1. The van der Waals surface area contributed by atoms with Crippen LogP contribution in [0.25, 0.3) is 0 Å². The molecule has 0 radical (unpaired) electrons. The van der Waals surface area contributed by atoms with Gasteiger partial charge in [0, 0.05) is 38.7 Å². The van der Waals surface area contributed by atoms with Crippen molar-refractivity contribution in [1.82, 2.24) is 10.2 Å². The highest BCUT2D eigenvalue weighted by Gasteiger charge is 2.42. The van der Waals surface area contributed by atoms with Crippen molar-refractivity contribution < 1.29 is 24.0 Å². The Labute approximate surface area is 175 Å². The Hall–Kier alpha value is -3.03. The number of hydrogen-bond donors (Lipinski definition) is 1. The molecule has 1 aromatic carbocycles. The molecular formula is C22H27N3O5. The number of fused-ring (bicyclic) bond motifs is 1. The van der Waals surface area contributed by atoms with Gasteiger partial charge in [-0.3, -0.25) is 19.3 Å². The molecule has 0 aliphatic carbocycles. The second kappa shape index (κ2) is 9.65. The van der Waals surface area contributed by atoms with Gasteiger partial charge in [-0.1, -0.05) is 0 Å². The fourth-order valence-electron chi connectivity index (χ4n) is 4.28. The van der Waals surface area contributed by atoms with Gasteiger partial charge in [0.15, 0.2) is 0 Å². The first-order valence-corrected chi connectivity index (χ1v) is 10.4. The summed E-state index contributed by atoms with van der Waals surface area (Å²) in [4.78, 5) is 62.7. The lowest BCUT2D eigenvalue weighted by Gasteiger charge is -2.33. The number of nitrogens with zero attached hydrogens (tertiary/aromatic N) is 2. The van der Waals surface area contributed by atoms with E-state index in [0.717, 1.165) is 49.2 Å². The zero-order chi connectivity index (χ0) is 21.7. The highest BCUT2D eigenvalue weighted by molar-refractivity contribution is 6.23. The summed E-state index contributed by atoms with van der Waals surface area (Å²) in [5.74, 6) is -0.944. The maximum atomic E-state index is 13.0. The SMILES string of the molecule is CNC(=O)C(CCC=O)N1C(=O)c2ccc(N3CCC(CCC=O)CC3)cc2C1=O. The molecule has 8 nitrogen and oxygen atoms in total. The predicted octanol–water partition coefficient (Wildman–Crippen LogP) is 1.57. The van der Waals surface area contributed by atoms with Gasteiger partial charge in [-0.05, 0) is 49.8 Å². The number of aldehydes is 2. The Morgan fingerprint density at radius 1 is 1.10 bits per heavy atom. The van der Waals surface area contributed by atoms with E-state index in [1.807, 2.05) is 6.07 Å². The van der Waals surface area contributed by atoms with Gasteiger partial charge in [0.25, 0.3) is 11.8 Å². The molecule has 2 aliphatic heterocycles. The van der Waals surface area contributed by atoms with Crippen molar-refractivity contribution in [1.29, 1.82) is 0 Å². The van der Waals surface area contributed by atoms with Crippen LogP contribution in [-0.4, -0.2) is 61.4 Å². The topological polar surface area (TPSA) is 104 Å². The zero-order valence-electron chi connectivity index (χ0n) is 17.1. The first-order valence-electron chi connectivity index (χ1n) is 10.4. The number of rotatable bonds is 9. The van der Waals surface area contributed by atoms with E-state index >= 15 is 0 Å². The van der Waals surface area contributed by atoms with Gasteiger partial charge < -0.3 is 19.8 Å². The van der Waals surface area contributed by atoms with Crippen molar-refractivity contribution >= 4 is 36.0 Å². The summed E-state index contributed by atoms with van der Waals surface area (Å²) in [5.41, 5.74) is 1.44. The molecule has 0 spiro atoms. The largest absolute Gasteiger partial charge is 0.371 e. The van der Waals surface area contributed by atoms with Crippen molar-refractivity contribution in [2.24, 2.45) is 5.92 Å². The van der Waals surface area contributed by atoms with Crippen LogP contribution in [0.3, 0.4) is 0 Å². The fraction of sp³-hybridized carbons (Fsp3) is 0.500. The van der Waals surface area contributed by atoms with E-state index in [9.17, 15) is 24.0 Å². The van der Waals surface area contributed by atoms with Crippen LogP contribution < -0.4 is 10.2 Å². The van der Waals surface area contributed by atoms with E-state index in [2.05, 4.69) is 10.2 Å². The standard InChI is InChI=1S/C22H27N3O5/c1-23-20(28)19(5-3-13-27)25-21(29)17-7-6-16(14-18(17)22(25)30)24-10-8-15(9-11-24)4-2-12-26/h6-7,12-15,19H,2-5,8-11H2,1H3,(H,23,28). The molecule has 3 rings (SSSR count). The van der Waals surface area contributed by atoms with E-state index < -0.39 is 23.8 Å². The minimum atomic E-state index is -1.01. The van der Waals surface area contributed by atoms with Crippen molar-refractivity contribution in [3.05, 3.63) is 29.3 Å². The number of likely N-dealkylation sites (N-methyl/N-ethyl adjacent to an activating group) is 1. The maximum Gasteiger partial charge on any atom is 0.262 e. The monoisotopic (exact) mass is 413 g/mol. The first-order chi connectivity index (χ1) is 14.5. The van der Waals surface area contributed by atoms with E-state index in [-0.39, 0.29) is 18.4 Å². The van der Waals surface area contributed by atoms with Gasteiger partial charge >= 0.3 is 0 Å². The molecule has 1 aromatic rings. The zero-order valence-corrected chi connectivity index (χ0v) is 17.1. The molecule has 2 aliphatic rings. The number of carbonyl (C=O) groups excluding carboxylic acids is 5. The van der Waals surface area contributed by atoms with Crippen LogP contribution in [-0.2, 0) is 14.4 Å². The van der Waals surface area contributed by atoms with Gasteiger partial charge in [-0.15, -0.1) is 0 Å². The molecule has 1 saturated heterocycles. The van der Waals surface area contributed by atoms with Crippen LogP contribution in [0.1, 0.15) is 59.2 Å². The number of hydrogen-bond acceptors (Lipinski definition) is 6. The molecule has 3 amide bonds. The number of nitrogens with one attached hydrogen (secondary N) is 1. The van der Waals surface area contributed by atoms with E-state index in [4.69, 9.17) is 0 Å². The molecule has 2 heterocycles. The lowest BCUT2D eigenvalue weighted by Crippen LogP contribution is -2.48. The minimum absolute atomic E-state index is 0.0792. The quantitative estimate of drug-likeness (QED) is 0.487. The fourth-order valence-corrected chi connectivity index (χ4v) is 4.28. The minimum Gasteiger partial charge on any atom is -0.371 e. The summed E-state index contributed by atoms with van der Waals surface area (Å²) >= 11 is 0. The molecule has 1 N–H and O–H groups in total. The Morgan fingerprint density at radius 2 is 1.77 bits per heavy atom. The van der Waals surface area contributed by atoms with Crippen LogP contribution in [0.15, 0.2) is 18.2 Å². The molecule has 0 aromatic heterocycles. The smallest absolute Gasteiger partial charge is 0.262 e. The van der Waals surface area contributed by atoms with E-state index in [1.54, 1.807) is 12.1 Å². The third kappa shape index (κ3) is 4.27. The summed E-state index contributed by atoms with van der Waals surface area (Å²) < 4.78 is 0. The molecule has 30 heavy (non-hydrogen) atoms. The second-order valence-corrected chi connectivity index (χ2v) is 7.76. The van der Waals surface area contributed by atoms with Crippen molar-refractivity contribution in [2.75, 3.05) is 25.0 Å². The summed E-state index contributed by atoms with van der Waals surface area (Å²) in [6, 6.07) is 4.19. The normalized spacial score (nSPS) is 17.6. The highest BCUT2D eigenvalue weighted by atomic mass is 16.2. The number of amides is 3. The Balaban J connectivity index is 1.77. The summed E-state index contributed by atoms with van der Waals surface area (Å²) in [7, 11) is 1.44. The molecule has 160 valence electrons. The average Bonchev–Trinajstić information content (AvgIpc) is 3.02. The second-order valence-electron chi connectivity index (χ2n) is 7.76. The number of carbonyl (C=O) groups is 5. The van der Waals surface area contributed by atoms with Gasteiger partial charge in [-0.25, -0.2) is 0 Å². The Kier molecular flexibility index (Phi) is 6.97. The predicted molar refractivity (Wildman–Crippen MR) is 110 cm³/mol. The van der Waals surface area contributed by atoms with E-state index in [1.165, 1.54) is 7.05 Å². The maximum absolute atomic E-state index is 13.0. The van der Waals surface area contributed by atoms with Crippen LogP contribution >= 0.6 is 0 Å². The molecule has 1 unspecified atom stereocenters. The molecular weight excluding hydrogens is 386 g/mol.